The molecule has 30 heavy (non-hydrogen) atoms. The maximum Gasteiger partial charge on any atom is 0.251 e. The van der Waals surface area contributed by atoms with Crippen molar-refractivity contribution >= 4 is 11.8 Å². The van der Waals surface area contributed by atoms with Gasteiger partial charge in [-0.3, -0.25) is 9.59 Å². The van der Waals surface area contributed by atoms with Crippen LogP contribution in [0.5, 0.6) is 0 Å². The van der Waals surface area contributed by atoms with Gasteiger partial charge in [0.1, 0.15) is 5.54 Å². The average molecular weight is 412 g/mol. The molecular formula is C25H37N3O2. The van der Waals surface area contributed by atoms with Crippen LogP contribution in [0.2, 0.25) is 0 Å². The van der Waals surface area contributed by atoms with Crippen molar-refractivity contribution in [3.63, 3.8) is 0 Å². The molecule has 0 heterocycles. The van der Waals surface area contributed by atoms with E-state index in [0.29, 0.717) is 25.0 Å². The molecule has 1 saturated carbocycles. The third-order valence-electron chi connectivity index (χ3n) is 6.30. The first kappa shape index (κ1) is 24.0. The Morgan fingerprint density at radius 1 is 1.07 bits per heavy atom. The fourth-order valence-corrected chi connectivity index (χ4v) is 4.23. The Hall–Kier alpha value is -2.32. The fourth-order valence-electron chi connectivity index (χ4n) is 4.23. The zero-order valence-corrected chi connectivity index (χ0v) is 18.9. The Balaban J connectivity index is 1.70. The molecule has 0 aliphatic heterocycles. The van der Waals surface area contributed by atoms with Gasteiger partial charge in [0.05, 0.1) is 6.54 Å². The maximum atomic E-state index is 12.4. The van der Waals surface area contributed by atoms with Gasteiger partial charge in [-0.25, -0.2) is 0 Å². The lowest BCUT2D eigenvalue weighted by molar-refractivity contribution is -0.121. The minimum absolute atomic E-state index is 0.00237. The van der Waals surface area contributed by atoms with E-state index < -0.39 is 5.54 Å². The minimum Gasteiger partial charge on any atom is -0.352 e. The Labute approximate surface area is 181 Å². The molecule has 0 atom stereocenters. The van der Waals surface area contributed by atoms with Crippen molar-refractivity contribution in [1.29, 1.82) is 0 Å². The van der Waals surface area contributed by atoms with E-state index in [1.807, 2.05) is 39.8 Å². The third kappa shape index (κ3) is 6.88. The summed E-state index contributed by atoms with van der Waals surface area (Å²) in [5.74, 6) is 3.18. The van der Waals surface area contributed by atoms with Crippen LogP contribution in [-0.4, -0.2) is 36.5 Å². The van der Waals surface area contributed by atoms with Gasteiger partial charge in [-0.05, 0) is 70.4 Å². The van der Waals surface area contributed by atoms with Crippen LogP contribution in [0.4, 0.5) is 0 Å². The van der Waals surface area contributed by atoms with E-state index in [0.717, 1.165) is 55.2 Å². The number of rotatable bonds is 9. The highest BCUT2D eigenvalue weighted by atomic mass is 16.2. The van der Waals surface area contributed by atoms with E-state index in [9.17, 15) is 9.59 Å². The molecule has 0 unspecified atom stereocenters. The lowest BCUT2D eigenvalue weighted by atomic mass is 9.86. The Bertz CT molecular complexity index is 749. The first-order valence-electron chi connectivity index (χ1n) is 11.2. The first-order chi connectivity index (χ1) is 14.3. The van der Waals surface area contributed by atoms with Crippen LogP contribution < -0.4 is 16.0 Å². The summed E-state index contributed by atoms with van der Waals surface area (Å²) in [7, 11) is 0. The largest absolute Gasteiger partial charge is 0.352 e. The van der Waals surface area contributed by atoms with Crippen LogP contribution in [-0.2, 0) is 4.79 Å². The zero-order valence-electron chi connectivity index (χ0n) is 18.9. The molecule has 0 aromatic heterocycles. The van der Waals surface area contributed by atoms with Gasteiger partial charge in [0.25, 0.3) is 5.91 Å². The zero-order chi connectivity index (χ0) is 22.1. The molecule has 5 nitrogen and oxygen atoms in total. The molecule has 0 bridgehead atoms. The number of carbonyl (C=O) groups excluding carboxylic acids is 2. The van der Waals surface area contributed by atoms with Gasteiger partial charge < -0.3 is 16.0 Å². The molecule has 2 rings (SSSR count). The number of aryl methyl sites for hydroxylation is 2. The maximum absolute atomic E-state index is 12.4. The molecule has 0 spiro atoms. The van der Waals surface area contributed by atoms with Crippen molar-refractivity contribution in [2.45, 2.75) is 77.8 Å². The highest BCUT2D eigenvalue weighted by Gasteiger charge is 2.26. The van der Waals surface area contributed by atoms with Crippen LogP contribution in [0.1, 0.15) is 73.9 Å². The van der Waals surface area contributed by atoms with Gasteiger partial charge >= 0.3 is 0 Å². The summed E-state index contributed by atoms with van der Waals surface area (Å²) in [6, 6.07) is 6.27. The molecule has 1 fully saturated rings. The summed E-state index contributed by atoms with van der Waals surface area (Å²) < 4.78 is 0. The monoisotopic (exact) mass is 411 g/mol. The first-order valence-corrected chi connectivity index (χ1v) is 11.2. The summed E-state index contributed by atoms with van der Waals surface area (Å²) in [5, 5.41) is 9.46. The third-order valence-corrected chi connectivity index (χ3v) is 6.30. The van der Waals surface area contributed by atoms with Gasteiger partial charge in [-0.1, -0.05) is 37.0 Å². The van der Waals surface area contributed by atoms with Gasteiger partial charge in [0.15, 0.2) is 0 Å². The van der Waals surface area contributed by atoms with Crippen molar-refractivity contribution in [2.75, 3.05) is 13.1 Å². The standard InChI is InChI=1S/C25H37N3O2/c1-6-25(7-2,8-3)28-23(29)17-26-22-11-9-20(10-12-22)16-27-24(30)21-14-18(4)13-19(5)15-21/h1,13-15,20,22,26H,7-12,16-17H2,2-5H3,(H,27,30)(H,28,29). The van der Waals surface area contributed by atoms with Gasteiger partial charge in [-0.15, -0.1) is 6.42 Å². The molecule has 1 aliphatic rings. The van der Waals surface area contributed by atoms with Gasteiger partial charge in [0.2, 0.25) is 5.91 Å². The summed E-state index contributed by atoms with van der Waals surface area (Å²) in [6.07, 6.45) is 11.2. The van der Waals surface area contributed by atoms with E-state index in [4.69, 9.17) is 6.42 Å². The number of hydrogen-bond donors (Lipinski definition) is 3. The van der Waals surface area contributed by atoms with Crippen LogP contribution >= 0.6 is 0 Å². The second kappa shape index (κ2) is 11.2. The SMILES string of the molecule is C#CC(CC)(CC)NC(=O)CNC1CCC(CNC(=O)c2cc(C)cc(C)c2)CC1. The molecule has 5 heteroatoms. The number of benzene rings is 1. The quantitative estimate of drug-likeness (QED) is 0.545. The van der Waals surface area contributed by atoms with E-state index >= 15 is 0 Å². The van der Waals surface area contributed by atoms with Crippen molar-refractivity contribution in [1.82, 2.24) is 16.0 Å². The normalized spacial score (nSPS) is 19.0. The summed E-state index contributed by atoms with van der Waals surface area (Å²) in [6.45, 7) is 9.01. The molecule has 0 radical (unpaired) electrons. The minimum atomic E-state index is -0.537. The van der Waals surface area contributed by atoms with E-state index in [2.05, 4.69) is 27.9 Å². The highest BCUT2D eigenvalue weighted by molar-refractivity contribution is 5.94. The second-order valence-electron chi connectivity index (χ2n) is 8.67. The molecule has 0 saturated heterocycles. The van der Waals surface area contributed by atoms with Crippen LogP contribution in [0.25, 0.3) is 0 Å². The molecule has 164 valence electrons. The predicted octanol–water partition coefficient (Wildman–Crippen LogP) is 3.49. The number of nitrogens with one attached hydrogen (secondary N) is 3. The lowest BCUT2D eigenvalue weighted by Gasteiger charge is -2.30. The molecule has 1 aliphatic carbocycles. The molecule has 3 N–H and O–H groups in total. The summed E-state index contributed by atoms with van der Waals surface area (Å²) in [4.78, 5) is 24.7. The van der Waals surface area contributed by atoms with Gasteiger partial charge in [-0.2, -0.15) is 0 Å². The molecule has 2 amide bonds. The Morgan fingerprint density at radius 2 is 1.67 bits per heavy atom. The Kier molecular flexibility index (Phi) is 8.92. The van der Waals surface area contributed by atoms with E-state index in [1.54, 1.807) is 0 Å². The number of terminal acetylenes is 1. The second-order valence-corrected chi connectivity index (χ2v) is 8.67. The van der Waals surface area contributed by atoms with Crippen LogP contribution in [0.15, 0.2) is 18.2 Å². The molecule has 1 aromatic rings. The van der Waals surface area contributed by atoms with Crippen molar-refractivity contribution in [2.24, 2.45) is 5.92 Å². The predicted molar refractivity (Wildman–Crippen MR) is 122 cm³/mol. The fraction of sp³-hybridized carbons (Fsp3) is 0.600. The highest BCUT2D eigenvalue weighted by Crippen LogP contribution is 2.24. The van der Waals surface area contributed by atoms with Crippen molar-refractivity contribution in [3.05, 3.63) is 34.9 Å². The topological polar surface area (TPSA) is 70.2 Å². The van der Waals surface area contributed by atoms with E-state index in [-0.39, 0.29) is 11.8 Å². The summed E-state index contributed by atoms with van der Waals surface area (Å²) in [5.41, 5.74) is 2.40. The van der Waals surface area contributed by atoms with Crippen molar-refractivity contribution in [3.8, 4) is 12.3 Å². The Morgan fingerprint density at radius 3 is 2.20 bits per heavy atom. The van der Waals surface area contributed by atoms with Crippen LogP contribution in [0, 0.1) is 32.1 Å². The smallest absolute Gasteiger partial charge is 0.251 e. The van der Waals surface area contributed by atoms with E-state index in [1.165, 1.54) is 0 Å². The lowest BCUT2D eigenvalue weighted by Crippen LogP contribution is -2.50. The van der Waals surface area contributed by atoms with Crippen LogP contribution in [0.3, 0.4) is 0 Å². The van der Waals surface area contributed by atoms with Crippen molar-refractivity contribution < 1.29 is 9.59 Å². The average Bonchev–Trinajstić information content (AvgIpc) is 2.74. The molecular weight excluding hydrogens is 374 g/mol. The number of hydrogen-bond acceptors (Lipinski definition) is 3. The summed E-state index contributed by atoms with van der Waals surface area (Å²) >= 11 is 0. The number of amides is 2. The number of carbonyl (C=O) groups is 2. The molecule has 1 aromatic carbocycles. The van der Waals surface area contributed by atoms with Gasteiger partial charge in [0, 0.05) is 18.2 Å².